The van der Waals surface area contributed by atoms with Gasteiger partial charge in [-0.3, -0.25) is 0 Å². The molecule has 0 aromatic carbocycles. The Morgan fingerprint density at radius 1 is 0.933 bits per heavy atom. The molecule has 0 radical (unpaired) electrons. The highest BCUT2D eigenvalue weighted by Crippen LogP contribution is 2.21. The lowest BCUT2D eigenvalue weighted by Gasteiger charge is -2.26. The molecule has 0 spiro atoms. The van der Waals surface area contributed by atoms with Crippen LogP contribution in [0.5, 0.6) is 0 Å². The van der Waals surface area contributed by atoms with Gasteiger partial charge in [-0.25, -0.2) is 0 Å². The van der Waals surface area contributed by atoms with Gasteiger partial charge in [-0.05, 0) is 30.6 Å². The molecule has 15 heavy (non-hydrogen) atoms. The van der Waals surface area contributed by atoms with Crippen molar-refractivity contribution in [2.24, 2.45) is 0 Å². The molecule has 0 heterocycles. The van der Waals surface area contributed by atoms with E-state index in [0.717, 1.165) is 6.42 Å². The van der Waals surface area contributed by atoms with E-state index >= 15 is 0 Å². The number of hydrogen-bond acceptors (Lipinski definition) is 1. The maximum absolute atomic E-state index is 5.96. The summed E-state index contributed by atoms with van der Waals surface area (Å²) in [5.74, 6) is 0. The SMILES string of the molecule is CCC/C=C/C=C/O[Si](CC)(CC)CC. The zero-order chi connectivity index (χ0) is 11.6. The maximum atomic E-state index is 5.96. The van der Waals surface area contributed by atoms with Crippen molar-refractivity contribution in [3.63, 3.8) is 0 Å². The van der Waals surface area contributed by atoms with Crippen LogP contribution in [0.1, 0.15) is 40.5 Å². The van der Waals surface area contributed by atoms with Crippen molar-refractivity contribution in [2.75, 3.05) is 0 Å². The van der Waals surface area contributed by atoms with E-state index in [2.05, 4.69) is 39.8 Å². The average Bonchev–Trinajstić information content (AvgIpc) is 2.29. The molecule has 88 valence electrons. The van der Waals surface area contributed by atoms with Gasteiger partial charge in [-0.15, -0.1) is 0 Å². The van der Waals surface area contributed by atoms with E-state index in [9.17, 15) is 0 Å². The van der Waals surface area contributed by atoms with Gasteiger partial charge in [0.15, 0.2) is 0 Å². The molecule has 0 aliphatic heterocycles. The van der Waals surface area contributed by atoms with E-state index in [1.807, 2.05) is 12.3 Å². The van der Waals surface area contributed by atoms with Gasteiger partial charge in [0.25, 0.3) is 0 Å². The van der Waals surface area contributed by atoms with Crippen LogP contribution in [0.15, 0.2) is 24.5 Å². The first-order valence-electron chi connectivity index (χ1n) is 6.24. The molecule has 0 atom stereocenters. The molecule has 0 aliphatic rings. The minimum Gasteiger partial charge on any atom is -0.549 e. The van der Waals surface area contributed by atoms with Crippen LogP contribution in [0.25, 0.3) is 0 Å². The van der Waals surface area contributed by atoms with Crippen LogP contribution < -0.4 is 0 Å². The predicted molar refractivity (Wildman–Crippen MR) is 71.5 cm³/mol. The predicted octanol–water partition coefficient (Wildman–Crippen LogP) is 4.88. The van der Waals surface area contributed by atoms with Crippen molar-refractivity contribution in [3.05, 3.63) is 24.5 Å². The largest absolute Gasteiger partial charge is 0.549 e. The fourth-order valence-corrected chi connectivity index (χ4v) is 3.94. The summed E-state index contributed by atoms with van der Waals surface area (Å²) in [6.45, 7) is 8.94. The second-order valence-corrected chi connectivity index (χ2v) is 8.63. The molecule has 0 saturated carbocycles. The lowest BCUT2D eigenvalue weighted by molar-refractivity contribution is 0.458. The maximum Gasteiger partial charge on any atom is 0.249 e. The Bertz CT molecular complexity index is 184. The molecular weight excluding hydrogens is 200 g/mol. The molecule has 0 N–H and O–H groups in total. The number of hydrogen-bond donors (Lipinski definition) is 0. The zero-order valence-electron chi connectivity index (χ0n) is 10.8. The van der Waals surface area contributed by atoms with Gasteiger partial charge in [0, 0.05) is 0 Å². The van der Waals surface area contributed by atoms with Crippen molar-refractivity contribution in [3.8, 4) is 0 Å². The molecule has 0 aliphatic carbocycles. The number of unbranched alkanes of at least 4 members (excludes halogenated alkanes) is 1. The highest BCUT2D eigenvalue weighted by atomic mass is 28.4. The van der Waals surface area contributed by atoms with Crippen LogP contribution >= 0.6 is 0 Å². The van der Waals surface area contributed by atoms with Gasteiger partial charge in [0.2, 0.25) is 8.32 Å². The molecule has 0 aromatic heterocycles. The summed E-state index contributed by atoms with van der Waals surface area (Å²) in [4.78, 5) is 0. The molecule has 0 unspecified atom stereocenters. The Morgan fingerprint density at radius 3 is 2.00 bits per heavy atom. The molecule has 0 aromatic rings. The monoisotopic (exact) mass is 226 g/mol. The molecular formula is C13H26OSi. The average molecular weight is 226 g/mol. The second-order valence-electron chi connectivity index (χ2n) is 3.91. The number of rotatable bonds is 8. The van der Waals surface area contributed by atoms with Crippen molar-refractivity contribution in [1.82, 2.24) is 0 Å². The van der Waals surface area contributed by atoms with Gasteiger partial charge in [-0.2, -0.15) is 0 Å². The standard InChI is InChI=1S/C13H26OSi/c1-5-9-10-11-12-13-14-15(6-2,7-3)8-4/h10-13H,5-9H2,1-4H3/b11-10+,13-12+. The van der Waals surface area contributed by atoms with E-state index in [1.54, 1.807) is 0 Å². The molecule has 0 fully saturated rings. The number of allylic oxidation sites excluding steroid dienone is 3. The summed E-state index contributed by atoms with van der Waals surface area (Å²) in [5, 5.41) is 0. The van der Waals surface area contributed by atoms with Crippen LogP contribution in [0.3, 0.4) is 0 Å². The first-order chi connectivity index (χ1) is 7.24. The molecule has 0 rings (SSSR count). The summed E-state index contributed by atoms with van der Waals surface area (Å²) in [5.41, 5.74) is 0. The highest BCUT2D eigenvalue weighted by Gasteiger charge is 2.28. The second kappa shape index (κ2) is 8.78. The van der Waals surface area contributed by atoms with E-state index < -0.39 is 8.32 Å². The van der Waals surface area contributed by atoms with E-state index in [1.165, 1.54) is 24.6 Å². The van der Waals surface area contributed by atoms with Crippen LogP contribution in [-0.2, 0) is 4.43 Å². The van der Waals surface area contributed by atoms with Crippen LogP contribution in [0, 0.1) is 0 Å². The first-order valence-corrected chi connectivity index (χ1v) is 8.77. The lowest BCUT2D eigenvalue weighted by Crippen LogP contribution is -2.33. The third-order valence-electron chi connectivity index (χ3n) is 3.03. The van der Waals surface area contributed by atoms with Crippen molar-refractivity contribution < 1.29 is 4.43 Å². The minimum absolute atomic E-state index is 1.16. The first kappa shape index (κ1) is 14.5. The fraction of sp³-hybridized carbons (Fsp3) is 0.692. The Morgan fingerprint density at radius 2 is 1.53 bits per heavy atom. The van der Waals surface area contributed by atoms with Gasteiger partial charge < -0.3 is 4.43 Å². The van der Waals surface area contributed by atoms with E-state index in [4.69, 9.17) is 4.43 Å². The van der Waals surface area contributed by atoms with Gasteiger partial charge in [0.1, 0.15) is 0 Å². The van der Waals surface area contributed by atoms with Crippen LogP contribution in [-0.4, -0.2) is 8.32 Å². The van der Waals surface area contributed by atoms with Gasteiger partial charge >= 0.3 is 0 Å². The summed E-state index contributed by atoms with van der Waals surface area (Å²) in [6.07, 6.45) is 10.6. The van der Waals surface area contributed by atoms with E-state index in [0.29, 0.717) is 0 Å². The highest BCUT2D eigenvalue weighted by molar-refractivity contribution is 6.73. The lowest BCUT2D eigenvalue weighted by atomic mass is 10.3. The van der Waals surface area contributed by atoms with Crippen LogP contribution in [0.4, 0.5) is 0 Å². The summed E-state index contributed by atoms with van der Waals surface area (Å²) >= 11 is 0. The summed E-state index contributed by atoms with van der Waals surface area (Å²) < 4.78 is 5.96. The van der Waals surface area contributed by atoms with Crippen molar-refractivity contribution in [1.29, 1.82) is 0 Å². The zero-order valence-corrected chi connectivity index (χ0v) is 11.8. The molecule has 1 nitrogen and oxygen atoms in total. The van der Waals surface area contributed by atoms with Crippen molar-refractivity contribution >= 4 is 8.32 Å². The third-order valence-corrected chi connectivity index (χ3v) is 7.53. The molecule has 0 saturated heterocycles. The Kier molecular flexibility index (Phi) is 8.48. The topological polar surface area (TPSA) is 9.23 Å². The van der Waals surface area contributed by atoms with Crippen molar-refractivity contribution in [2.45, 2.75) is 58.7 Å². The molecule has 0 amide bonds. The Hall–Kier alpha value is -0.503. The van der Waals surface area contributed by atoms with E-state index in [-0.39, 0.29) is 0 Å². The summed E-state index contributed by atoms with van der Waals surface area (Å²) in [7, 11) is -1.41. The van der Waals surface area contributed by atoms with Crippen LogP contribution in [0.2, 0.25) is 18.1 Å². The Balaban J connectivity index is 3.99. The quantitative estimate of drug-likeness (QED) is 0.326. The summed E-state index contributed by atoms with van der Waals surface area (Å²) in [6, 6.07) is 3.63. The van der Waals surface area contributed by atoms with Gasteiger partial charge in [-0.1, -0.05) is 46.3 Å². The molecule has 0 bridgehead atoms. The Labute approximate surface area is 96.4 Å². The third kappa shape index (κ3) is 5.83. The normalized spacial score (nSPS) is 12.8. The smallest absolute Gasteiger partial charge is 0.249 e. The van der Waals surface area contributed by atoms with Gasteiger partial charge in [0.05, 0.1) is 6.26 Å². The molecule has 2 heteroatoms. The minimum atomic E-state index is -1.41. The fourth-order valence-electron chi connectivity index (χ4n) is 1.57.